The third kappa shape index (κ3) is 3.96. The molecule has 1 aliphatic rings. The number of hydrogen-bond donors (Lipinski definition) is 0. The Morgan fingerprint density at radius 3 is 2.38 bits per heavy atom. The van der Waals surface area contributed by atoms with Gasteiger partial charge in [0.25, 0.3) is 0 Å². The molecule has 26 heavy (non-hydrogen) atoms. The Morgan fingerprint density at radius 1 is 1.00 bits per heavy atom. The zero-order valence-electron chi connectivity index (χ0n) is 16.1. The van der Waals surface area contributed by atoms with E-state index in [1.807, 2.05) is 19.1 Å². The van der Waals surface area contributed by atoms with Crippen molar-refractivity contribution < 1.29 is 18.7 Å². The van der Waals surface area contributed by atoms with E-state index in [2.05, 4.69) is 16.1 Å². The molecule has 6 nitrogen and oxygen atoms in total. The minimum atomic E-state index is 0.257. The average molecular weight is 360 g/mol. The zero-order valence-corrected chi connectivity index (χ0v) is 16.1. The highest BCUT2D eigenvalue weighted by molar-refractivity contribution is 5.50. The Hall–Kier alpha value is -2.21. The molecule has 0 aliphatic carbocycles. The lowest BCUT2D eigenvalue weighted by Gasteiger charge is -2.29. The second-order valence-electron chi connectivity index (χ2n) is 6.72. The molecule has 1 aromatic heterocycles. The molecule has 1 atom stereocenters. The Balaban J connectivity index is 1.91. The van der Waals surface area contributed by atoms with Crippen LogP contribution >= 0.6 is 0 Å². The Labute approximate surface area is 155 Å². The van der Waals surface area contributed by atoms with Crippen LogP contribution in [0.25, 0.3) is 0 Å². The molecule has 0 radical (unpaired) electrons. The molecule has 6 heteroatoms. The first-order chi connectivity index (χ1) is 12.7. The first-order valence-electron chi connectivity index (χ1n) is 9.12. The third-order valence-electron chi connectivity index (χ3n) is 5.01. The van der Waals surface area contributed by atoms with E-state index in [1.165, 1.54) is 19.3 Å². The number of methoxy groups -OCH3 is 3. The molecule has 3 rings (SSSR count). The van der Waals surface area contributed by atoms with Gasteiger partial charge >= 0.3 is 0 Å². The van der Waals surface area contributed by atoms with Gasteiger partial charge in [-0.25, -0.2) is 0 Å². The van der Waals surface area contributed by atoms with Crippen molar-refractivity contribution in [3.63, 3.8) is 0 Å². The van der Waals surface area contributed by atoms with E-state index >= 15 is 0 Å². The van der Waals surface area contributed by atoms with Crippen molar-refractivity contribution in [2.24, 2.45) is 0 Å². The molecule has 0 spiro atoms. The fraction of sp³-hybridized carbons (Fsp3) is 0.550. The van der Waals surface area contributed by atoms with Gasteiger partial charge in [-0.3, -0.25) is 4.90 Å². The van der Waals surface area contributed by atoms with Crippen molar-refractivity contribution in [1.29, 1.82) is 0 Å². The maximum Gasteiger partial charge on any atom is 0.164 e. The SMILES string of the molecule is COc1cc(OC)c(OC)cc1CN1CCCCC[C@H]1c1cc(C)on1. The van der Waals surface area contributed by atoms with Crippen molar-refractivity contribution >= 4 is 0 Å². The van der Waals surface area contributed by atoms with Crippen LogP contribution in [0.4, 0.5) is 0 Å². The highest BCUT2D eigenvalue weighted by Gasteiger charge is 2.26. The van der Waals surface area contributed by atoms with Crippen LogP contribution in [0, 0.1) is 6.92 Å². The third-order valence-corrected chi connectivity index (χ3v) is 5.01. The predicted molar refractivity (Wildman–Crippen MR) is 99.0 cm³/mol. The molecule has 0 saturated carbocycles. The Morgan fingerprint density at radius 2 is 1.73 bits per heavy atom. The molecular weight excluding hydrogens is 332 g/mol. The summed E-state index contributed by atoms with van der Waals surface area (Å²) in [7, 11) is 4.97. The zero-order chi connectivity index (χ0) is 18.5. The van der Waals surface area contributed by atoms with Gasteiger partial charge in [0.05, 0.1) is 27.4 Å². The monoisotopic (exact) mass is 360 g/mol. The number of benzene rings is 1. The number of hydrogen-bond acceptors (Lipinski definition) is 6. The molecule has 0 amide bonds. The number of aromatic nitrogens is 1. The van der Waals surface area contributed by atoms with E-state index < -0.39 is 0 Å². The minimum Gasteiger partial charge on any atom is -0.496 e. The number of rotatable bonds is 6. The second-order valence-corrected chi connectivity index (χ2v) is 6.72. The minimum absolute atomic E-state index is 0.257. The normalized spacial score (nSPS) is 18.4. The predicted octanol–water partition coefficient (Wildman–Crippen LogP) is 4.13. The molecule has 2 heterocycles. The Kier molecular flexibility index (Phi) is 6.04. The van der Waals surface area contributed by atoms with Crippen LogP contribution in [-0.2, 0) is 6.54 Å². The summed E-state index contributed by atoms with van der Waals surface area (Å²) in [6.45, 7) is 3.73. The van der Waals surface area contributed by atoms with Crippen LogP contribution in [0.15, 0.2) is 22.7 Å². The van der Waals surface area contributed by atoms with Crippen LogP contribution in [0.5, 0.6) is 17.2 Å². The van der Waals surface area contributed by atoms with Crippen molar-refractivity contribution in [2.45, 2.75) is 45.2 Å². The van der Waals surface area contributed by atoms with Crippen LogP contribution < -0.4 is 14.2 Å². The van der Waals surface area contributed by atoms with Gasteiger partial charge < -0.3 is 18.7 Å². The lowest BCUT2D eigenvalue weighted by molar-refractivity contribution is 0.181. The fourth-order valence-electron chi connectivity index (χ4n) is 3.67. The van der Waals surface area contributed by atoms with Gasteiger partial charge in [0.15, 0.2) is 11.5 Å². The van der Waals surface area contributed by atoms with Crippen LogP contribution in [0.3, 0.4) is 0 Å². The Bertz CT molecular complexity index is 729. The highest BCUT2D eigenvalue weighted by Crippen LogP contribution is 2.37. The molecule has 1 saturated heterocycles. The van der Waals surface area contributed by atoms with Gasteiger partial charge in [0.2, 0.25) is 0 Å². The summed E-state index contributed by atoms with van der Waals surface area (Å²) in [6, 6.07) is 6.21. The van der Waals surface area contributed by atoms with Crippen molar-refractivity contribution in [3.8, 4) is 17.2 Å². The first kappa shape index (κ1) is 18.6. The quantitative estimate of drug-likeness (QED) is 0.772. The molecule has 1 aromatic carbocycles. The molecule has 2 aromatic rings. The van der Waals surface area contributed by atoms with Gasteiger partial charge in [0.1, 0.15) is 17.2 Å². The van der Waals surface area contributed by atoms with Gasteiger partial charge in [-0.15, -0.1) is 0 Å². The molecule has 0 N–H and O–H groups in total. The maximum atomic E-state index is 5.61. The van der Waals surface area contributed by atoms with Crippen LogP contribution in [0.2, 0.25) is 0 Å². The standard InChI is InChI=1S/C20H28N2O4/c1-14-10-16(21-26-14)17-8-6-5-7-9-22(17)13-15-11-19(24-3)20(25-4)12-18(15)23-2/h10-12,17H,5-9,13H2,1-4H3/t17-/m0/s1. The van der Waals surface area contributed by atoms with Gasteiger partial charge in [-0.05, 0) is 32.4 Å². The van der Waals surface area contributed by atoms with Gasteiger partial charge in [-0.2, -0.15) is 0 Å². The van der Waals surface area contributed by atoms with E-state index in [9.17, 15) is 0 Å². The number of nitrogens with zero attached hydrogens (tertiary/aromatic N) is 2. The largest absolute Gasteiger partial charge is 0.496 e. The van der Waals surface area contributed by atoms with E-state index in [4.69, 9.17) is 18.7 Å². The van der Waals surface area contributed by atoms with Crippen LogP contribution in [-0.4, -0.2) is 37.9 Å². The van der Waals surface area contributed by atoms with Gasteiger partial charge in [-0.1, -0.05) is 18.0 Å². The summed E-state index contributed by atoms with van der Waals surface area (Å²) in [5, 5.41) is 4.28. The summed E-state index contributed by atoms with van der Waals surface area (Å²) in [6.07, 6.45) is 4.72. The average Bonchev–Trinajstić information content (AvgIpc) is 2.95. The molecule has 0 bridgehead atoms. The summed E-state index contributed by atoms with van der Waals surface area (Å²) < 4.78 is 21.8. The fourth-order valence-corrected chi connectivity index (χ4v) is 3.67. The van der Waals surface area contributed by atoms with E-state index in [-0.39, 0.29) is 6.04 Å². The maximum absolute atomic E-state index is 5.61. The lowest BCUT2D eigenvalue weighted by atomic mass is 10.0. The molecule has 0 unspecified atom stereocenters. The van der Waals surface area contributed by atoms with E-state index in [0.717, 1.165) is 42.3 Å². The van der Waals surface area contributed by atoms with E-state index in [0.29, 0.717) is 11.5 Å². The molecular formula is C20H28N2O4. The summed E-state index contributed by atoms with van der Waals surface area (Å²) in [5.41, 5.74) is 2.10. The molecule has 1 fully saturated rings. The second kappa shape index (κ2) is 8.45. The summed E-state index contributed by atoms with van der Waals surface area (Å²) in [4.78, 5) is 2.47. The number of likely N-dealkylation sites (tertiary alicyclic amines) is 1. The molecule has 1 aliphatic heterocycles. The van der Waals surface area contributed by atoms with Gasteiger partial charge in [0, 0.05) is 24.2 Å². The van der Waals surface area contributed by atoms with Crippen molar-refractivity contribution in [2.75, 3.05) is 27.9 Å². The number of ether oxygens (including phenoxy) is 3. The summed E-state index contributed by atoms with van der Waals surface area (Å²) in [5.74, 6) is 3.05. The summed E-state index contributed by atoms with van der Waals surface area (Å²) >= 11 is 0. The lowest BCUT2D eigenvalue weighted by Crippen LogP contribution is -2.28. The van der Waals surface area contributed by atoms with Crippen molar-refractivity contribution in [3.05, 3.63) is 35.2 Å². The smallest absolute Gasteiger partial charge is 0.164 e. The number of aryl methyl sites for hydroxylation is 1. The highest BCUT2D eigenvalue weighted by atomic mass is 16.5. The molecule has 142 valence electrons. The van der Waals surface area contributed by atoms with Crippen LogP contribution in [0.1, 0.15) is 48.7 Å². The van der Waals surface area contributed by atoms with Crippen molar-refractivity contribution in [1.82, 2.24) is 10.1 Å². The van der Waals surface area contributed by atoms with E-state index in [1.54, 1.807) is 21.3 Å². The topological polar surface area (TPSA) is 57.0 Å². The first-order valence-corrected chi connectivity index (χ1v) is 9.12.